The summed E-state index contributed by atoms with van der Waals surface area (Å²) in [5, 5.41) is 10.9. The Morgan fingerprint density at radius 1 is 1.18 bits per heavy atom. The number of Topliss-reactive ketones (excluding diaryl/α,β-unsaturated/α-hetero) is 1. The Morgan fingerprint density at radius 3 is 2.54 bits per heavy atom. The van der Waals surface area contributed by atoms with E-state index in [9.17, 15) is 19.1 Å². The largest absolute Gasteiger partial charge is 0.507 e. The van der Waals surface area contributed by atoms with Gasteiger partial charge in [-0.05, 0) is 31.0 Å². The maximum atomic E-state index is 13.9. The average molecular weight is 383 g/mol. The molecule has 0 spiro atoms. The predicted octanol–water partition coefficient (Wildman–Crippen LogP) is 3.59. The molecular weight excluding hydrogens is 361 g/mol. The molecule has 1 amide bonds. The van der Waals surface area contributed by atoms with Crippen molar-refractivity contribution in [3.8, 4) is 0 Å². The summed E-state index contributed by atoms with van der Waals surface area (Å²) in [5.74, 6) is -2.22. The summed E-state index contributed by atoms with van der Waals surface area (Å²) in [5.41, 5.74) is 1.84. The molecule has 0 aromatic heterocycles. The number of benzene rings is 2. The normalized spacial score (nSPS) is 18.7. The van der Waals surface area contributed by atoms with Gasteiger partial charge in [0.25, 0.3) is 11.7 Å². The zero-order valence-corrected chi connectivity index (χ0v) is 15.8. The fourth-order valence-electron chi connectivity index (χ4n) is 3.38. The van der Waals surface area contributed by atoms with Gasteiger partial charge in [-0.25, -0.2) is 4.39 Å². The van der Waals surface area contributed by atoms with Crippen molar-refractivity contribution in [1.82, 2.24) is 4.90 Å². The molecule has 2 aromatic carbocycles. The van der Waals surface area contributed by atoms with E-state index in [1.165, 1.54) is 23.1 Å². The molecule has 2 aromatic rings. The molecule has 1 fully saturated rings. The number of amides is 1. The van der Waals surface area contributed by atoms with E-state index in [1.54, 1.807) is 37.4 Å². The number of nitrogens with zero attached hydrogens (tertiary/aromatic N) is 1. The first-order chi connectivity index (χ1) is 13.4. The zero-order chi connectivity index (χ0) is 20.3. The lowest BCUT2D eigenvalue weighted by atomic mass is 9.95. The third-order valence-corrected chi connectivity index (χ3v) is 4.78. The molecular formula is C22H22FNO4. The van der Waals surface area contributed by atoms with Gasteiger partial charge in [-0.1, -0.05) is 42.0 Å². The van der Waals surface area contributed by atoms with Crippen LogP contribution in [0.2, 0.25) is 0 Å². The van der Waals surface area contributed by atoms with E-state index in [0.717, 1.165) is 5.56 Å². The molecule has 1 N–H and O–H groups in total. The molecule has 0 bridgehead atoms. The molecule has 1 aliphatic heterocycles. The molecule has 0 radical (unpaired) electrons. The quantitative estimate of drug-likeness (QED) is 0.358. The number of carbonyl (C=O) groups is 2. The van der Waals surface area contributed by atoms with Crippen molar-refractivity contribution < 1.29 is 23.8 Å². The van der Waals surface area contributed by atoms with E-state index in [4.69, 9.17) is 4.74 Å². The summed E-state index contributed by atoms with van der Waals surface area (Å²) < 4.78 is 18.9. The molecule has 6 heteroatoms. The van der Waals surface area contributed by atoms with Crippen molar-refractivity contribution in [3.63, 3.8) is 0 Å². The molecule has 146 valence electrons. The molecule has 1 aliphatic rings. The molecule has 5 nitrogen and oxygen atoms in total. The first kappa shape index (κ1) is 19.8. The first-order valence-electron chi connectivity index (χ1n) is 9.04. The summed E-state index contributed by atoms with van der Waals surface area (Å²) in [6.07, 6.45) is 0.514. The van der Waals surface area contributed by atoms with E-state index < -0.39 is 23.5 Å². The molecule has 0 saturated carbocycles. The number of hydrogen-bond acceptors (Lipinski definition) is 4. The average Bonchev–Trinajstić information content (AvgIpc) is 2.93. The number of methoxy groups -OCH3 is 1. The predicted molar refractivity (Wildman–Crippen MR) is 103 cm³/mol. The van der Waals surface area contributed by atoms with Gasteiger partial charge in [-0.3, -0.25) is 9.59 Å². The molecule has 1 saturated heterocycles. The Kier molecular flexibility index (Phi) is 5.90. The zero-order valence-electron chi connectivity index (χ0n) is 15.8. The van der Waals surface area contributed by atoms with Crippen LogP contribution in [0.1, 0.15) is 29.2 Å². The summed E-state index contributed by atoms with van der Waals surface area (Å²) in [7, 11) is 1.55. The lowest BCUT2D eigenvalue weighted by molar-refractivity contribution is -0.140. The molecule has 1 heterocycles. The highest BCUT2D eigenvalue weighted by Gasteiger charge is 2.45. The van der Waals surface area contributed by atoms with E-state index in [2.05, 4.69) is 0 Å². The van der Waals surface area contributed by atoms with Crippen LogP contribution in [-0.2, 0) is 14.3 Å². The highest BCUT2D eigenvalue weighted by molar-refractivity contribution is 6.46. The van der Waals surface area contributed by atoms with Gasteiger partial charge in [0.2, 0.25) is 0 Å². The Bertz CT molecular complexity index is 920. The molecule has 28 heavy (non-hydrogen) atoms. The summed E-state index contributed by atoms with van der Waals surface area (Å²) in [6, 6.07) is 11.9. The summed E-state index contributed by atoms with van der Waals surface area (Å²) >= 11 is 0. The van der Waals surface area contributed by atoms with Crippen LogP contribution >= 0.6 is 0 Å². The van der Waals surface area contributed by atoms with Gasteiger partial charge < -0.3 is 14.7 Å². The van der Waals surface area contributed by atoms with E-state index in [0.29, 0.717) is 24.2 Å². The molecule has 3 rings (SSSR count). The Labute approximate surface area is 163 Å². The maximum Gasteiger partial charge on any atom is 0.295 e. The standard InChI is InChI=1S/C22H22FNO4/c1-14-7-9-15(10-8-14)20(25)18-19(16-5-3-6-17(23)13-16)24(11-4-12-28-2)22(27)21(18)26/h3,5-10,13,19,25H,4,11-12H2,1-2H3/b20-18+/t19-/m1/s1. The SMILES string of the molecule is COCCCN1C(=O)C(=O)/C(=C(/O)c2ccc(C)cc2)[C@H]1c1cccc(F)c1. The molecule has 1 atom stereocenters. The number of ketones is 1. The second-order valence-electron chi connectivity index (χ2n) is 6.76. The minimum Gasteiger partial charge on any atom is -0.507 e. The number of halogens is 1. The summed E-state index contributed by atoms with van der Waals surface area (Å²) in [4.78, 5) is 26.8. The van der Waals surface area contributed by atoms with E-state index in [-0.39, 0.29) is 17.9 Å². The third kappa shape index (κ3) is 3.82. The van der Waals surface area contributed by atoms with Crippen LogP contribution in [0, 0.1) is 12.7 Å². The van der Waals surface area contributed by atoms with Gasteiger partial charge in [0.05, 0.1) is 11.6 Å². The number of ether oxygens (including phenoxy) is 1. The Hall–Kier alpha value is -2.99. The van der Waals surface area contributed by atoms with Gasteiger partial charge in [0.15, 0.2) is 0 Å². The van der Waals surface area contributed by atoms with Crippen LogP contribution in [0.5, 0.6) is 0 Å². The van der Waals surface area contributed by atoms with Crippen molar-refractivity contribution >= 4 is 17.4 Å². The monoisotopic (exact) mass is 383 g/mol. The minimum absolute atomic E-state index is 0.0307. The Balaban J connectivity index is 2.12. The summed E-state index contributed by atoms with van der Waals surface area (Å²) in [6.45, 7) is 2.58. The van der Waals surface area contributed by atoms with Crippen LogP contribution in [0.25, 0.3) is 5.76 Å². The van der Waals surface area contributed by atoms with Crippen molar-refractivity contribution in [2.24, 2.45) is 0 Å². The number of aryl methyl sites for hydroxylation is 1. The van der Waals surface area contributed by atoms with Gasteiger partial charge in [0, 0.05) is 25.8 Å². The van der Waals surface area contributed by atoms with Crippen molar-refractivity contribution in [3.05, 3.63) is 76.6 Å². The Morgan fingerprint density at radius 2 is 1.89 bits per heavy atom. The van der Waals surface area contributed by atoms with Crippen LogP contribution in [0.4, 0.5) is 4.39 Å². The smallest absolute Gasteiger partial charge is 0.295 e. The van der Waals surface area contributed by atoms with Gasteiger partial charge in [-0.15, -0.1) is 0 Å². The second kappa shape index (κ2) is 8.35. The number of rotatable bonds is 6. The van der Waals surface area contributed by atoms with Crippen LogP contribution < -0.4 is 0 Å². The van der Waals surface area contributed by atoms with Crippen molar-refractivity contribution in [2.45, 2.75) is 19.4 Å². The highest BCUT2D eigenvalue weighted by atomic mass is 19.1. The van der Waals surface area contributed by atoms with E-state index in [1.807, 2.05) is 6.92 Å². The fraction of sp³-hybridized carbons (Fsp3) is 0.273. The number of aliphatic hydroxyl groups excluding tert-OH is 1. The molecule has 0 aliphatic carbocycles. The van der Waals surface area contributed by atoms with Crippen LogP contribution in [0.15, 0.2) is 54.1 Å². The second-order valence-corrected chi connectivity index (χ2v) is 6.76. The fourth-order valence-corrected chi connectivity index (χ4v) is 3.38. The molecule has 0 unspecified atom stereocenters. The van der Waals surface area contributed by atoms with Gasteiger partial charge >= 0.3 is 0 Å². The first-order valence-corrected chi connectivity index (χ1v) is 9.04. The third-order valence-electron chi connectivity index (χ3n) is 4.78. The number of hydrogen-bond donors (Lipinski definition) is 1. The van der Waals surface area contributed by atoms with Crippen LogP contribution in [-0.4, -0.2) is 42.0 Å². The maximum absolute atomic E-state index is 13.9. The minimum atomic E-state index is -0.853. The van der Waals surface area contributed by atoms with Crippen molar-refractivity contribution in [1.29, 1.82) is 0 Å². The topological polar surface area (TPSA) is 66.8 Å². The number of aliphatic hydroxyl groups is 1. The van der Waals surface area contributed by atoms with Gasteiger partial charge in [0.1, 0.15) is 11.6 Å². The highest BCUT2D eigenvalue weighted by Crippen LogP contribution is 2.39. The van der Waals surface area contributed by atoms with Crippen molar-refractivity contribution in [2.75, 3.05) is 20.3 Å². The lowest BCUT2D eigenvalue weighted by Gasteiger charge is -2.25. The van der Waals surface area contributed by atoms with Crippen LogP contribution in [0.3, 0.4) is 0 Å². The lowest BCUT2D eigenvalue weighted by Crippen LogP contribution is -2.31. The number of carbonyl (C=O) groups excluding carboxylic acids is 2. The number of likely N-dealkylation sites (tertiary alicyclic amines) is 1. The van der Waals surface area contributed by atoms with Gasteiger partial charge in [-0.2, -0.15) is 0 Å². The van der Waals surface area contributed by atoms with E-state index >= 15 is 0 Å².